The molecule has 35 heavy (non-hydrogen) atoms. The molecule has 2 amide bonds. The number of fused-ring (bicyclic) bond motifs is 1. The molecule has 1 fully saturated rings. The summed E-state index contributed by atoms with van der Waals surface area (Å²) < 4.78 is 30.5. The first kappa shape index (κ1) is 25.0. The minimum atomic E-state index is -3.33. The molecule has 2 atom stereocenters. The number of alkyl halides is 2. The number of benzene rings is 1. The van der Waals surface area contributed by atoms with E-state index >= 15 is 8.78 Å². The van der Waals surface area contributed by atoms with E-state index in [1.165, 1.54) is 46.3 Å². The van der Waals surface area contributed by atoms with E-state index in [2.05, 4.69) is 4.98 Å². The summed E-state index contributed by atoms with van der Waals surface area (Å²) in [4.78, 5) is 33.5. The molecule has 2 aliphatic rings. The first-order valence-electron chi connectivity index (χ1n) is 11.5. The van der Waals surface area contributed by atoms with Crippen molar-refractivity contribution in [3.05, 3.63) is 59.4 Å². The number of aromatic nitrogens is 1. The van der Waals surface area contributed by atoms with E-state index in [1.54, 1.807) is 17.9 Å². The maximum atomic E-state index is 15.2. The quantitative estimate of drug-likeness (QED) is 0.672. The zero-order valence-corrected chi connectivity index (χ0v) is 20.0. The van der Waals surface area contributed by atoms with Crippen LogP contribution in [0, 0.1) is 0 Å². The largest absolute Gasteiger partial charge is 0.465 e. The number of rotatable bonds is 5. The highest BCUT2D eigenvalue weighted by atomic mass is 19.3. The van der Waals surface area contributed by atoms with Gasteiger partial charge in [-0.25, -0.2) is 4.79 Å². The van der Waals surface area contributed by atoms with Crippen LogP contribution in [-0.4, -0.2) is 81.9 Å². The molecule has 10 heteroatoms. The Morgan fingerprint density at radius 1 is 1.20 bits per heavy atom. The first-order chi connectivity index (χ1) is 16.5. The number of carbonyl (C=O) groups is 2. The molecule has 1 aromatic carbocycles. The van der Waals surface area contributed by atoms with E-state index in [0.717, 1.165) is 0 Å². The zero-order chi connectivity index (χ0) is 25.5. The number of hydrogen-bond donors (Lipinski definition) is 2. The number of carboxylic acid groups (broad SMARTS) is 1. The predicted molar refractivity (Wildman–Crippen MR) is 126 cm³/mol. The average molecular weight is 489 g/mol. The molecule has 0 radical (unpaired) electrons. The zero-order valence-electron chi connectivity index (χ0n) is 20.0. The van der Waals surface area contributed by atoms with Gasteiger partial charge in [-0.1, -0.05) is 44.2 Å². The number of nitrogens with zero attached hydrogens (tertiary/aromatic N) is 4. The van der Waals surface area contributed by atoms with Crippen molar-refractivity contribution in [2.24, 2.45) is 0 Å². The number of aliphatic hydroxyl groups is 1. The first-order valence-corrected chi connectivity index (χ1v) is 11.5. The molecule has 0 bridgehead atoms. The van der Waals surface area contributed by atoms with Crippen LogP contribution in [-0.2, 0) is 16.1 Å². The van der Waals surface area contributed by atoms with Crippen LogP contribution in [0.2, 0.25) is 0 Å². The lowest BCUT2D eigenvalue weighted by Gasteiger charge is -2.43. The van der Waals surface area contributed by atoms with E-state index in [0.29, 0.717) is 17.8 Å². The minimum Gasteiger partial charge on any atom is -0.465 e. The second-order valence-electron chi connectivity index (χ2n) is 9.94. The third-order valence-electron chi connectivity index (χ3n) is 6.96. The van der Waals surface area contributed by atoms with Gasteiger partial charge in [-0.15, -0.1) is 0 Å². The van der Waals surface area contributed by atoms with Crippen molar-refractivity contribution < 1.29 is 28.6 Å². The summed E-state index contributed by atoms with van der Waals surface area (Å²) in [5.41, 5.74) is 0.0117. The number of halogens is 2. The third-order valence-corrected chi connectivity index (χ3v) is 6.96. The van der Waals surface area contributed by atoms with Gasteiger partial charge in [0.2, 0.25) is 5.91 Å². The van der Waals surface area contributed by atoms with Crippen LogP contribution in [0.3, 0.4) is 0 Å². The number of anilines is 1. The lowest BCUT2D eigenvalue weighted by molar-refractivity contribution is -0.121. The highest BCUT2D eigenvalue weighted by Gasteiger charge is 2.43. The normalized spacial score (nSPS) is 22.2. The number of hydrogen-bond acceptors (Lipinski definition) is 5. The molecule has 188 valence electrons. The van der Waals surface area contributed by atoms with E-state index in [-0.39, 0.29) is 43.8 Å². The standard InChI is InChI=1S/C25H30F2N4O4/c1-16-11-29(18(14-32)12-30(16)23(34)35)13-22(33)31-15-24(2,3)19-10-28-21(9-20(19)31)25(26,27)17-7-5-4-6-8-17/h4-10,16,18,32H,11-15H2,1-3H3,(H,34,35)/t16-,18-/m1/s1. The van der Waals surface area contributed by atoms with E-state index in [1.807, 2.05) is 13.8 Å². The van der Waals surface area contributed by atoms with Gasteiger partial charge >= 0.3 is 12.0 Å². The SMILES string of the molecule is C[C@@H]1CN(CC(=O)N2CC(C)(C)c3cnc(C(F)(F)c4ccccc4)cc32)[C@@H](CO)CN1C(=O)O. The molecule has 1 aromatic heterocycles. The molecule has 0 spiro atoms. The third kappa shape index (κ3) is 4.60. The van der Waals surface area contributed by atoms with Gasteiger partial charge in [0.15, 0.2) is 0 Å². The average Bonchev–Trinajstić information content (AvgIpc) is 3.10. The molecule has 8 nitrogen and oxygen atoms in total. The van der Waals surface area contributed by atoms with Crippen molar-refractivity contribution in [1.82, 2.24) is 14.8 Å². The van der Waals surface area contributed by atoms with E-state index in [4.69, 9.17) is 0 Å². The van der Waals surface area contributed by atoms with E-state index < -0.39 is 29.2 Å². The number of piperazine rings is 1. The fraction of sp³-hybridized carbons (Fsp3) is 0.480. The summed E-state index contributed by atoms with van der Waals surface area (Å²) in [6.45, 7) is 5.91. The monoisotopic (exact) mass is 488 g/mol. The van der Waals surface area contributed by atoms with Gasteiger partial charge in [-0.05, 0) is 13.0 Å². The Morgan fingerprint density at radius 3 is 2.51 bits per heavy atom. The molecule has 1 saturated heterocycles. The summed E-state index contributed by atoms with van der Waals surface area (Å²) in [7, 11) is 0. The van der Waals surface area contributed by atoms with Crippen molar-refractivity contribution in [2.75, 3.05) is 37.7 Å². The van der Waals surface area contributed by atoms with E-state index in [9.17, 15) is 19.8 Å². The number of carbonyl (C=O) groups excluding carboxylic acids is 1. The van der Waals surface area contributed by atoms with Crippen LogP contribution in [0.1, 0.15) is 37.6 Å². The maximum absolute atomic E-state index is 15.2. The van der Waals surface area contributed by atoms with Gasteiger partial charge in [0.1, 0.15) is 5.69 Å². The summed E-state index contributed by atoms with van der Waals surface area (Å²) in [6.07, 6.45) is 0.357. The Balaban J connectivity index is 1.61. The Labute approximate surface area is 202 Å². The minimum absolute atomic E-state index is 0.0642. The second-order valence-corrected chi connectivity index (χ2v) is 9.94. The van der Waals surface area contributed by atoms with Crippen molar-refractivity contribution in [3.8, 4) is 0 Å². The summed E-state index contributed by atoms with van der Waals surface area (Å²) in [5, 5.41) is 19.2. The van der Waals surface area contributed by atoms with Crippen LogP contribution in [0.5, 0.6) is 0 Å². The van der Waals surface area contributed by atoms with Gasteiger partial charge in [0, 0.05) is 48.4 Å². The van der Waals surface area contributed by atoms with Gasteiger partial charge in [0.25, 0.3) is 0 Å². The Morgan fingerprint density at radius 2 is 1.89 bits per heavy atom. The van der Waals surface area contributed by atoms with Gasteiger partial charge < -0.3 is 20.0 Å². The van der Waals surface area contributed by atoms with Crippen molar-refractivity contribution in [2.45, 2.75) is 44.2 Å². The fourth-order valence-corrected chi connectivity index (χ4v) is 4.95. The summed E-state index contributed by atoms with van der Waals surface area (Å²) in [5.74, 6) is -3.63. The highest BCUT2D eigenvalue weighted by Crippen LogP contribution is 2.43. The van der Waals surface area contributed by atoms with Gasteiger partial charge in [0.05, 0.1) is 24.9 Å². The molecule has 2 aromatic rings. The molecule has 3 heterocycles. The van der Waals surface area contributed by atoms with Crippen LogP contribution in [0.15, 0.2) is 42.6 Å². The van der Waals surface area contributed by atoms with Crippen molar-refractivity contribution in [1.29, 1.82) is 0 Å². The Hall–Kier alpha value is -3.11. The number of pyridine rings is 1. The smallest absolute Gasteiger partial charge is 0.407 e. The van der Waals surface area contributed by atoms with Crippen LogP contribution >= 0.6 is 0 Å². The summed E-state index contributed by atoms with van der Waals surface area (Å²) in [6, 6.07) is 7.83. The molecule has 2 aliphatic heterocycles. The fourth-order valence-electron chi connectivity index (χ4n) is 4.95. The molecule has 2 N–H and O–H groups in total. The topological polar surface area (TPSA) is 97.2 Å². The Kier molecular flexibility index (Phi) is 6.54. The highest BCUT2D eigenvalue weighted by molar-refractivity contribution is 5.97. The number of aliphatic hydroxyl groups excluding tert-OH is 1. The predicted octanol–water partition coefficient (Wildman–Crippen LogP) is 2.89. The van der Waals surface area contributed by atoms with Crippen molar-refractivity contribution in [3.63, 3.8) is 0 Å². The molecule has 0 aliphatic carbocycles. The Bertz CT molecular complexity index is 1110. The lowest BCUT2D eigenvalue weighted by Crippen LogP contribution is -2.61. The molecule has 4 rings (SSSR count). The van der Waals surface area contributed by atoms with Gasteiger partial charge in [-0.3, -0.25) is 14.7 Å². The number of amides is 2. The van der Waals surface area contributed by atoms with Crippen LogP contribution < -0.4 is 4.90 Å². The summed E-state index contributed by atoms with van der Waals surface area (Å²) >= 11 is 0. The molecular weight excluding hydrogens is 458 g/mol. The molecule has 0 unspecified atom stereocenters. The second kappa shape index (κ2) is 9.16. The lowest BCUT2D eigenvalue weighted by atomic mass is 9.88. The van der Waals surface area contributed by atoms with Crippen molar-refractivity contribution >= 4 is 17.7 Å². The maximum Gasteiger partial charge on any atom is 0.407 e. The van der Waals surface area contributed by atoms with Crippen LogP contribution in [0.25, 0.3) is 0 Å². The van der Waals surface area contributed by atoms with Crippen LogP contribution in [0.4, 0.5) is 19.3 Å². The van der Waals surface area contributed by atoms with Gasteiger partial charge in [-0.2, -0.15) is 8.78 Å². The molecular formula is C25H30F2N4O4. The molecule has 0 saturated carbocycles.